The van der Waals surface area contributed by atoms with Gasteiger partial charge in [-0.05, 0) is 41.6 Å². The summed E-state index contributed by atoms with van der Waals surface area (Å²) in [7, 11) is 3.14. The standard InChI is InChI=1S/C30H27NO6/c1-34-26-16-15-21(19-27(26)35-2)28-23-12-5-6-13-24(23)31(29(28)37-30(32)33)17-8-18-36-25-14-7-10-20-9-3-4-11-22(20)25/h3-7,9-16,19H,8,17-18H2,1-2H3,(H,32,33). The molecule has 0 bridgehead atoms. The van der Waals surface area contributed by atoms with Crippen molar-refractivity contribution in [3.63, 3.8) is 0 Å². The van der Waals surface area contributed by atoms with Crippen LogP contribution in [0.3, 0.4) is 0 Å². The van der Waals surface area contributed by atoms with E-state index in [4.69, 9.17) is 18.9 Å². The highest BCUT2D eigenvalue weighted by molar-refractivity contribution is 6.00. The summed E-state index contributed by atoms with van der Waals surface area (Å²) >= 11 is 0. The van der Waals surface area contributed by atoms with E-state index in [1.54, 1.807) is 20.3 Å². The highest BCUT2D eigenvalue weighted by Gasteiger charge is 2.23. The molecule has 0 atom stereocenters. The quantitative estimate of drug-likeness (QED) is 0.174. The molecule has 1 aromatic heterocycles. The van der Waals surface area contributed by atoms with E-state index in [0.717, 1.165) is 33.0 Å². The fraction of sp³-hybridized carbons (Fsp3) is 0.167. The van der Waals surface area contributed by atoms with Gasteiger partial charge >= 0.3 is 6.16 Å². The predicted molar refractivity (Wildman–Crippen MR) is 143 cm³/mol. The van der Waals surface area contributed by atoms with Crippen LogP contribution < -0.4 is 18.9 Å². The maximum absolute atomic E-state index is 11.7. The smallest absolute Gasteiger partial charge is 0.493 e. The van der Waals surface area contributed by atoms with Crippen molar-refractivity contribution in [2.75, 3.05) is 20.8 Å². The Morgan fingerprint density at radius 1 is 0.811 bits per heavy atom. The molecule has 4 aromatic carbocycles. The Bertz CT molecular complexity index is 1570. The van der Waals surface area contributed by atoms with Crippen molar-refractivity contribution < 1.29 is 28.8 Å². The van der Waals surface area contributed by atoms with Crippen LogP contribution in [0.2, 0.25) is 0 Å². The number of para-hydroxylation sites is 1. The molecule has 1 heterocycles. The fourth-order valence-corrected chi connectivity index (χ4v) is 4.69. The second kappa shape index (κ2) is 10.5. The topological polar surface area (TPSA) is 79.2 Å². The molecule has 1 N–H and O–H groups in total. The lowest BCUT2D eigenvalue weighted by Gasteiger charge is -2.13. The zero-order valence-corrected chi connectivity index (χ0v) is 20.6. The first-order valence-electron chi connectivity index (χ1n) is 12.0. The molecule has 0 amide bonds. The van der Waals surface area contributed by atoms with Gasteiger partial charge in [-0.2, -0.15) is 0 Å². The van der Waals surface area contributed by atoms with Crippen LogP contribution in [0.5, 0.6) is 23.1 Å². The van der Waals surface area contributed by atoms with Gasteiger partial charge in [0.25, 0.3) is 0 Å². The number of methoxy groups -OCH3 is 2. The molecule has 0 aliphatic rings. The lowest BCUT2D eigenvalue weighted by Crippen LogP contribution is -2.11. The highest BCUT2D eigenvalue weighted by atomic mass is 16.7. The van der Waals surface area contributed by atoms with Crippen molar-refractivity contribution in [2.24, 2.45) is 0 Å². The van der Waals surface area contributed by atoms with Gasteiger partial charge < -0.3 is 28.6 Å². The molecule has 0 spiro atoms. The molecule has 0 saturated heterocycles. The molecule has 7 nitrogen and oxygen atoms in total. The molecule has 37 heavy (non-hydrogen) atoms. The Balaban J connectivity index is 1.48. The van der Waals surface area contributed by atoms with Crippen molar-refractivity contribution in [1.82, 2.24) is 4.57 Å². The van der Waals surface area contributed by atoms with E-state index < -0.39 is 6.16 Å². The predicted octanol–water partition coefficient (Wildman–Crippen LogP) is 7.00. The van der Waals surface area contributed by atoms with Gasteiger partial charge in [-0.3, -0.25) is 0 Å². The van der Waals surface area contributed by atoms with Gasteiger partial charge in [0.2, 0.25) is 5.88 Å². The number of nitrogens with zero attached hydrogens (tertiary/aromatic N) is 1. The molecular weight excluding hydrogens is 470 g/mol. The molecule has 0 saturated carbocycles. The summed E-state index contributed by atoms with van der Waals surface area (Å²) in [6, 6.07) is 27.3. The van der Waals surface area contributed by atoms with E-state index in [1.807, 2.05) is 71.3 Å². The minimum Gasteiger partial charge on any atom is -0.493 e. The summed E-state index contributed by atoms with van der Waals surface area (Å²) in [5, 5.41) is 12.6. The molecule has 0 aliphatic heterocycles. The number of hydrogen-bond donors (Lipinski definition) is 1. The molecular formula is C30H27NO6. The minimum absolute atomic E-state index is 0.256. The van der Waals surface area contributed by atoms with E-state index in [0.29, 0.717) is 36.6 Å². The van der Waals surface area contributed by atoms with Gasteiger partial charge in [-0.15, -0.1) is 0 Å². The van der Waals surface area contributed by atoms with E-state index in [2.05, 4.69) is 12.1 Å². The first kappa shape index (κ1) is 24.1. The Kier molecular flexibility index (Phi) is 6.85. The van der Waals surface area contributed by atoms with Crippen molar-refractivity contribution in [1.29, 1.82) is 0 Å². The second-order valence-electron chi connectivity index (χ2n) is 8.47. The minimum atomic E-state index is -1.38. The zero-order valence-electron chi connectivity index (χ0n) is 20.6. The summed E-state index contributed by atoms with van der Waals surface area (Å²) in [5.74, 6) is 2.21. The van der Waals surface area contributed by atoms with E-state index in [1.165, 1.54) is 0 Å². The number of carboxylic acid groups (broad SMARTS) is 1. The summed E-state index contributed by atoms with van der Waals surface area (Å²) in [6.07, 6.45) is -0.735. The Morgan fingerprint density at radius 2 is 1.54 bits per heavy atom. The van der Waals surface area contributed by atoms with Crippen LogP contribution >= 0.6 is 0 Å². The molecule has 0 aliphatic carbocycles. The van der Waals surface area contributed by atoms with Crippen molar-refractivity contribution in [3.8, 4) is 34.3 Å². The number of ether oxygens (including phenoxy) is 4. The number of hydrogen-bond acceptors (Lipinski definition) is 5. The molecule has 0 unspecified atom stereocenters. The Hall–Kier alpha value is -4.65. The Labute approximate surface area is 214 Å². The van der Waals surface area contributed by atoms with E-state index in [9.17, 15) is 9.90 Å². The van der Waals surface area contributed by atoms with Crippen LogP contribution in [0.15, 0.2) is 84.9 Å². The third kappa shape index (κ3) is 4.76. The van der Waals surface area contributed by atoms with Crippen LogP contribution in [0.4, 0.5) is 4.79 Å². The van der Waals surface area contributed by atoms with Crippen LogP contribution in [-0.2, 0) is 6.54 Å². The number of aryl methyl sites for hydroxylation is 1. The summed E-state index contributed by atoms with van der Waals surface area (Å²) < 4.78 is 24.3. The van der Waals surface area contributed by atoms with Gasteiger partial charge in [0.05, 0.1) is 31.9 Å². The maximum atomic E-state index is 11.7. The number of rotatable bonds is 9. The van der Waals surface area contributed by atoms with Gasteiger partial charge in [0, 0.05) is 17.3 Å². The largest absolute Gasteiger partial charge is 0.512 e. The van der Waals surface area contributed by atoms with Crippen molar-refractivity contribution in [2.45, 2.75) is 13.0 Å². The average molecular weight is 498 g/mol. The molecule has 0 radical (unpaired) electrons. The summed E-state index contributed by atoms with van der Waals surface area (Å²) in [4.78, 5) is 11.7. The lowest BCUT2D eigenvalue weighted by atomic mass is 10.0. The molecule has 7 heteroatoms. The first-order chi connectivity index (χ1) is 18.1. The number of fused-ring (bicyclic) bond motifs is 2. The number of aromatic nitrogens is 1. The van der Waals surface area contributed by atoms with E-state index in [-0.39, 0.29) is 5.88 Å². The molecule has 5 aromatic rings. The van der Waals surface area contributed by atoms with Crippen LogP contribution in [0.25, 0.3) is 32.8 Å². The fourth-order valence-electron chi connectivity index (χ4n) is 4.69. The number of carbonyl (C=O) groups is 1. The highest BCUT2D eigenvalue weighted by Crippen LogP contribution is 2.43. The third-order valence-corrected chi connectivity index (χ3v) is 6.31. The van der Waals surface area contributed by atoms with Crippen molar-refractivity contribution >= 4 is 27.8 Å². The maximum Gasteiger partial charge on any atom is 0.512 e. The average Bonchev–Trinajstić information content (AvgIpc) is 3.22. The zero-order chi connectivity index (χ0) is 25.8. The van der Waals surface area contributed by atoms with Gasteiger partial charge in [0.15, 0.2) is 11.5 Å². The molecule has 5 rings (SSSR count). The third-order valence-electron chi connectivity index (χ3n) is 6.31. The van der Waals surface area contributed by atoms with E-state index >= 15 is 0 Å². The van der Waals surface area contributed by atoms with Gasteiger partial charge in [-0.25, -0.2) is 4.79 Å². The van der Waals surface area contributed by atoms with Gasteiger partial charge in [-0.1, -0.05) is 60.7 Å². The number of benzene rings is 4. The lowest BCUT2D eigenvalue weighted by molar-refractivity contribution is 0.141. The van der Waals surface area contributed by atoms with Gasteiger partial charge in [0.1, 0.15) is 5.75 Å². The second-order valence-corrected chi connectivity index (χ2v) is 8.47. The van der Waals surface area contributed by atoms with Crippen LogP contribution in [0, 0.1) is 0 Å². The monoisotopic (exact) mass is 497 g/mol. The summed E-state index contributed by atoms with van der Waals surface area (Å²) in [5.41, 5.74) is 2.30. The molecule has 188 valence electrons. The SMILES string of the molecule is COc1ccc(-c2c(OC(=O)O)n(CCCOc3cccc4ccccc34)c3ccccc23)cc1OC. The summed E-state index contributed by atoms with van der Waals surface area (Å²) in [6.45, 7) is 0.958. The van der Waals surface area contributed by atoms with Crippen molar-refractivity contribution in [3.05, 3.63) is 84.9 Å². The normalized spacial score (nSPS) is 11.0. The van der Waals surface area contributed by atoms with Crippen LogP contribution in [0.1, 0.15) is 6.42 Å². The molecule has 0 fully saturated rings. The Morgan fingerprint density at radius 3 is 2.32 bits per heavy atom. The first-order valence-corrected chi connectivity index (χ1v) is 12.0. The van der Waals surface area contributed by atoms with Crippen LogP contribution in [-0.4, -0.2) is 36.7 Å².